The molecular weight excluding hydrogens is 314 g/mol. The predicted octanol–water partition coefficient (Wildman–Crippen LogP) is 2.75. The van der Waals surface area contributed by atoms with Crippen LogP contribution in [0, 0.1) is 6.92 Å². The number of rotatable bonds is 3. The predicted molar refractivity (Wildman–Crippen MR) is 95.2 cm³/mol. The number of aryl methyl sites for hydroxylation is 2. The van der Waals surface area contributed by atoms with Crippen LogP contribution in [0.5, 0.6) is 0 Å². The zero-order valence-corrected chi connectivity index (χ0v) is 14.8. The SMILES string of the molecule is Cc1cc(CN2CCN(C(=O)[C@H]3CCCc4ccccc43)CC2)no1. The maximum atomic E-state index is 13.1. The Morgan fingerprint density at radius 1 is 1.24 bits per heavy atom. The van der Waals surface area contributed by atoms with E-state index in [9.17, 15) is 4.79 Å². The number of fused-ring (bicyclic) bond motifs is 1. The van der Waals surface area contributed by atoms with Gasteiger partial charge in [0.05, 0.1) is 11.6 Å². The van der Waals surface area contributed by atoms with E-state index >= 15 is 0 Å². The Morgan fingerprint density at radius 3 is 2.80 bits per heavy atom. The van der Waals surface area contributed by atoms with Crippen molar-refractivity contribution < 1.29 is 9.32 Å². The Morgan fingerprint density at radius 2 is 2.04 bits per heavy atom. The van der Waals surface area contributed by atoms with Crippen molar-refractivity contribution >= 4 is 5.91 Å². The van der Waals surface area contributed by atoms with Gasteiger partial charge in [-0.15, -0.1) is 0 Å². The van der Waals surface area contributed by atoms with Crippen molar-refractivity contribution in [1.29, 1.82) is 0 Å². The van der Waals surface area contributed by atoms with Gasteiger partial charge in [-0.3, -0.25) is 9.69 Å². The second-order valence-electron chi connectivity index (χ2n) is 7.17. The second kappa shape index (κ2) is 7.00. The average Bonchev–Trinajstić information content (AvgIpc) is 3.06. The van der Waals surface area contributed by atoms with Crippen molar-refractivity contribution in [2.24, 2.45) is 0 Å². The molecule has 2 heterocycles. The van der Waals surface area contributed by atoms with Gasteiger partial charge in [-0.25, -0.2) is 0 Å². The number of hydrogen-bond acceptors (Lipinski definition) is 4. The first-order valence-corrected chi connectivity index (χ1v) is 9.22. The van der Waals surface area contributed by atoms with Crippen LogP contribution in [-0.2, 0) is 17.8 Å². The van der Waals surface area contributed by atoms with Crippen molar-refractivity contribution in [1.82, 2.24) is 15.0 Å². The number of hydrogen-bond donors (Lipinski definition) is 0. The highest BCUT2D eigenvalue weighted by atomic mass is 16.5. The lowest BCUT2D eigenvalue weighted by atomic mass is 9.82. The van der Waals surface area contributed by atoms with E-state index in [0.29, 0.717) is 5.91 Å². The highest BCUT2D eigenvalue weighted by molar-refractivity contribution is 5.84. The fourth-order valence-corrected chi connectivity index (χ4v) is 4.08. The van der Waals surface area contributed by atoms with Gasteiger partial charge in [0.2, 0.25) is 5.91 Å². The van der Waals surface area contributed by atoms with Crippen LogP contribution in [0.1, 0.15) is 41.3 Å². The molecule has 2 aliphatic rings. The number of amides is 1. The van der Waals surface area contributed by atoms with Crippen LogP contribution < -0.4 is 0 Å². The standard InChI is InChI=1S/C20H25N3O2/c1-15-13-17(21-25-15)14-22-9-11-23(12-10-22)20(24)19-8-4-6-16-5-2-3-7-18(16)19/h2-3,5,7,13,19H,4,6,8-12,14H2,1H3/t19-/m0/s1. The van der Waals surface area contributed by atoms with Crippen molar-refractivity contribution in [3.63, 3.8) is 0 Å². The minimum absolute atomic E-state index is 0.0506. The molecule has 1 fully saturated rings. The highest BCUT2D eigenvalue weighted by Crippen LogP contribution is 2.33. The van der Waals surface area contributed by atoms with E-state index in [1.54, 1.807) is 0 Å². The maximum Gasteiger partial charge on any atom is 0.230 e. The van der Waals surface area contributed by atoms with Gasteiger partial charge in [-0.1, -0.05) is 29.4 Å². The number of carbonyl (C=O) groups is 1. The van der Waals surface area contributed by atoms with Gasteiger partial charge >= 0.3 is 0 Å². The van der Waals surface area contributed by atoms with Gasteiger partial charge in [-0.2, -0.15) is 0 Å². The lowest BCUT2D eigenvalue weighted by molar-refractivity contribution is -0.135. The molecule has 25 heavy (non-hydrogen) atoms. The quantitative estimate of drug-likeness (QED) is 0.863. The summed E-state index contributed by atoms with van der Waals surface area (Å²) in [7, 11) is 0. The molecule has 1 aliphatic heterocycles. The van der Waals surface area contributed by atoms with E-state index in [4.69, 9.17) is 4.52 Å². The summed E-state index contributed by atoms with van der Waals surface area (Å²) in [6.45, 7) is 6.10. The molecule has 0 unspecified atom stereocenters. The molecule has 132 valence electrons. The first-order valence-electron chi connectivity index (χ1n) is 9.22. The highest BCUT2D eigenvalue weighted by Gasteiger charge is 2.31. The lowest BCUT2D eigenvalue weighted by Gasteiger charge is -2.37. The summed E-state index contributed by atoms with van der Waals surface area (Å²) in [6, 6.07) is 10.4. The molecule has 1 aromatic heterocycles. The van der Waals surface area contributed by atoms with Crippen molar-refractivity contribution in [2.75, 3.05) is 26.2 Å². The van der Waals surface area contributed by atoms with E-state index in [2.05, 4.69) is 39.2 Å². The van der Waals surface area contributed by atoms with Crippen LogP contribution in [0.25, 0.3) is 0 Å². The first-order chi connectivity index (χ1) is 12.2. The van der Waals surface area contributed by atoms with Crippen LogP contribution >= 0.6 is 0 Å². The molecule has 1 saturated heterocycles. The molecule has 1 amide bonds. The van der Waals surface area contributed by atoms with Gasteiger partial charge in [0.25, 0.3) is 0 Å². The fraction of sp³-hybridized carbons (Fsp3) is 0.500. The normalized spacial score (nSPS) is 21.2. The van der Waals surface area contributed by atoms with Crippen LogP contribution in [0.15, 0.2) is 34.9 Å². The smallest absolute Gasteiger partial charge is 0.230 e. The Balaban J connectivity index is 1.37. The van der Waals surface area contributed by atoms with Gasteiger partial charge in [-0.05, 0) is 37.3 Å². The van der Waals surface area contributed by atoms with Crippen LogP contribution in [-0.4, -0.2) is 47.0 Å². The molecule has 0 spiro atoms. The van der Waals surface area contributed by atoms with Crippen molar-refractivity contribution in [2.45, 2.75) is 38.6 Å². The van der Waals surface area contributed by atoms with E-state index in [0.717, 1.165) is 63.4 Å². The monoisotopic (exact) mass is 339 g/mol. The van der Waals surface area contributed by atoms with Crippen molar-refractivity contribution in [3.8, 4) is 0 Å². The third kappa shape index (κ3) is 3.47. The minimum Gasteiger partial charge on any atom is -0.361 e. The minimum atomic E-state index is 0.0506. The molecule has 2 aromatic rings. The maximum absolute atomic E-state index is 13.1. The second-order valence-corrected chi connectivity index (χ2v) is 7.17. The molecule has 1 aliphatic carbocycles. The summed E-state index contributed by atoms with van der Waals surface area (Å²) in [4.78, 5) is 17.5. The molecular formula is C20H25N3O2. The summed E-state index contributed by atoms with van der Waals surface area (Å²) in [5, 5.41) is 4.07. The molecule has 0 saturated carbocycles. The number of aromatic nitrogens is 1. The third-order valence-electron chi connectivity index (χ3n) is 5.41. The van der Waals surface area contributed by atoms with E-state index in [1.165, 1.54) is 11.1 Å². The third-order valence-corrected chi connectivity index (χ3v) is 5.41. The Kier molecular flexibility index (Phi) is 4.57. The van der Waals surface area contributed by atoms with Gasteiger partial charge in [0, 0.05) is 38.8 Å². The summed E-state index contributed by atoms with van der Waals surface area (Å²) in [5.41, 5.74) is 3.57. The van der Waals surface area contributed by atoms with Gasteiger partial charge < -0.3 is 9.42 Å². The summed E-state index contributed by atoms with van der Waals surface area (Å²) >= 11 is 0. The molecule has 5 nitrogen and oxygen atoms in total. The number of nitrogens with zero attached hydrogens (tertiary/aromatic N) is 3. The summed E-state index contributed by atoms with van der Waals surface area (Å²) in [5.74, 6) is 1.21. The Labute approximate surface area is 148 Å². The van der Waals surface area contributed by atoms with Crippen LogP contribution in [0.3, 0.4) is 0 Å². The molecule has 1 aromatic carbocycles. The average molecular weight is 339 g/mol. The zero-order valence-electron chi connectivity index (χ0n) is 14.8. The fourth-order valence-electron chi connectivity index (χ4n) is 4.08. The van der Waals surface area contributed by atoms with Gasteiger partial charge in [0.15, 0.2) is 0 Å². The topological polar surface area (TPSA) is 49.6 Å². The lowest BCUT2D eigenvalue weighted by Crippen LogP contribution is -2.49. The summed E-state index contributed by atoms with van der Waals surface area (Å²) < 4.78 is 5.14. The van der Waals surface area contributed by atoms with E-state index < -0.39 is 0 Å². The summed E-state index contributed by atoms with van der Waals surface area (Å²) in [6.07, 6.45) is 3.19. The van der Waals surface area contributed by atoms with Crippen LogP contribution in [0.4, 0.5) is 0 Å². The zero-order chi connectivity index (χ0) is 17.2. The van der Waals surface area contributed by atoms with E-state index in [-0.39, 0.29) is 5.92 Å². The number of carbonyl (C=O) groups excluding carboxylic acids is 1. The largest absolute Gasteiger partial charge is 0.361 e. The number of benzene rings is 1. The number of piperazine rings is 1. The first kappa shape index (κ1) is 16.3. The molecule has 0 bridgehead atoms. The molecule has 1 atom stereocenters. The van der Waals surface area contributed by atoms with Crippen molar-refractivity contribution in [3.05, 3.63) is 52.9 Å². The Bertz CT molecular complexity index is 747. The molecule has 0 N–H and O–H groups in total. The molecule has 4 rings (SSSR count). The Hall–Kier alpha value is -2.14. The molecule has 5 heteroatoms. The van der Waals surface area contributed by atoms with E-state index in [1.807, 2.05) is 13.0 Å². The molecule has 0 radical (unpaired) electrons. The van der Waals surface area contributed by atoms with Gasteiger partial charge in [0.1, 0.15) is 5.76 Å². The van der Waals surface area contributed by atoms with Crippen LogP contribution in [0.2, 0.25) is 0 Å².